The maximum atomic E-state index is 14.9. The van der Waals surface area contributed by atoms with Gasteiger partial charge in [-0.1, -0.05) is 168 Å². The molecule has 0 aliphatic carbocycles. The smallest absolute Gasteiger partial charge is 0.326 e. The van der Waals surface area contributed by atoms with Crippen molar-refractivity contribution in [1.82, 2.24) is 117 Å². The molecule has 146 heavy (non-hydrogen) atoms. The average molecular weight is 2070 g/mol. The first-order valence-corrected chi connectivity index (χ1v) is 49.7. The zero-order valence-corrected chi connectivity index (χ0v) is 87.5. The predicted molar refractivity (Wildman–Crippen MR) is 545 cm³/mol. The summed E-state index contributed by atoms with van der Waals surface area (Å²) in [6.45, 7) is 26.4. The highest BCUT2D eigenvalue weighted by Crippen LogP contribution is 2.18. The lowest BCUT2D eigenvalue weighted by atomic mass is 9.96. The molecule has 0 fully saturated rings. The molecule has 38 N–H and O–H groups in total. The SMILES string of the molecule is CC[C@H](C)[C@H](NC(=O)[C@H](CCCNC(=N)N)NC(=O)[C@@H](NC(=O)[C@H](CCCNC(=N)N)NC(=O)CNC(=O)[C@@H](NC(=O)[C@@H](N)CC(C)C)C(C)C)C(C)C)C(=O)NCC(=O)N[C@H](C(=O)N[C@@H](CO)C(=O)N[C@H](C(=O)N[C@@H](Cc1ccccc1)C(=O)N[C@H](C(=O)N[C@@H](CCCNC(=N)N)C(=O)NCC(=O)NCC(=O)N[C@@H](CCCNC(=N)N)C(=O)N[C@@H](CC(C)C)C(=O)N[C@@H](CC(C)C)C(=O)O)[C@@H](C)CC)C(C)C)C(C)C. The van der Waals surface area contributed by atoms with E-state index in [9.17, 15) is 101 Å². The molecule has 0 saturated heterocycles. The number of carboxylic acids is 1. The topological polar surface area (TPSA) is 855 Å². The normalized spacial score (nSPS) is 14.7. The van der Waals surface area contributed by atoms with Crippen LogP contribution in [0.15, 0.2) is 30.3 Å². The van der Waals surface area contributed by atoms with Crippen LogP contribution >= 0.6 is 0 Å². The van der Waals surface area contributed by atoms with Crippen LogP contribution < -0.4 is 146 Å². The molecule has 824 valence electrons. The number of hydrogen-bond acceptors (Lipinski definition) is 25. The number of nitrogens with one attached hydrogen (secondary N) is 26. The van der Waals surface area contributed by atoms with E-state index in [2.05, 4.69) is 117 Å². The summed E-state index contributed by atoms with van der Waals surface area (Å²) < 4.78 is 0. The van der Waals surface area contributed by atoms with E-state index < -0.39 is 283 Å². The Morgan fingerprint density at radius 1 is 0.288 bits per heavy atom. The van der Waals surface area contributed by atoms with Gasteiger partial charge in [-0.25, -0.2) is 4.79 Å². The quantitative estimate of drug-likeness (QED) is 0.0164. The lowest BCUT2D eigenvalue weighted by Crippen LogP contribution is -2.62. The third-order valence-electron chi connectivity index (χ3n) is 23.3. The molecular weight excluding hydrogens is 1900 g/mol. The van der Waals surface area contributed by atoms with Crippen LogP contribution in [-0.4, -0.2) is 296 Å². The number of guanidine groups is 4. The van der Waals surface area contributed by atoms with Crippen LogP contribution in [0.25, 0.3) is 0 Å². The molecule has 1 aromatic rings. The molecule has 0 aromatic heterocycles. The minimum absolute atomic E-state index is 0.0275. The van der Waals surface area contributed by atoms with Crippen molar-refractivity contribution in [3.8, 4) is 0 Å². The number of benzene rings is 1. The van der Waals surface area contributed by atoms with E-state index in [1.54, 1.807) is 127 Å². The van der Waals surface area contributed by atoms with Gasteiger partial charge in [-0.2, -0.15) is 0 Å². The third kappa shape index (κ3) is 52.1. The van der Waals surface area contributed by atoms with E-state index in [1.807, 2.05) is 13.8 Å². The summed E-state index contributed by atoms with van der Waals surface area (Å²) in [6, 6.07) is -12.4. The molecule has 52 nitrogen and oxygen atoms in total. The number of aliphatic hydroxyl groups is 1. The van der Waals surface area contributed by atoms with Gasteiger partial charge in [0.1, 0.15) is 84.6 Å². The molecular formula is C94H167N31O21. The molecule has 0 radical (unpaired) electrons. The fraction of sp³-hybridized carbons (Fsp3) is 0.691. The van der Waals surface area contributed by atoms with Gasteiger partial charge in [0.05, 0.1) is 38.8 Å². The zero-order chi connectivity index (χ0) is 111. The van der Waals surface area contributed by atoms with Crippen LogP contribution in [-0.2, 0) is 97.5 Å². The van der Waals surface area contributed by atoms with Crippen molar-refractivity contribution in [3.63, 3.8) is 0 Å². The van der Waals surface area contributed by atoms with Crippen molar-refractivity contribution in [2.45, 2.75) is 305 Å². The average Bonchev–Trinajstić information content (AvgIpc) is 0.842. The van der Waals surface area contributed by atoms with Gasteiger partial charge >= 0.3 is 5.97 Å². The molecule has 0 aliphatic heterocycles. The Morgan fingerprint density at radius 3 is 0.945 bits per heavy atom. The number of aliphatic carboxylic acids is 1. The molecule has 0 aliphatic rings. The van der Waals surface area contributed by atoms with Crippen molar-refractivity contribution < 1.29 is 101 Å². The Hall–Kier alpha value is -13.8. The minimum atomic E-state index is -1.81. The summed E-state index contributed by atoms with van der Waals surface area (Å²) in [4.78, 5) is 265. The van der Waals surface area contributed by atoms with Crippen LogP contribution in [0.3, 0.4) is 0 Å². The number of rotatable bonds is 70. The molecule has 0 bridgehead atoms. The summed E-state index contributed by atoms with van der Waals surface area (Å²) >= 11 is 0. The van der Waals surface area contributed by atoms with Crippen LogP contribution in [0.4, 0.5) is 0 Å². The number of hydrogen-bond donors (Lipinski definition) is 33. The minimum Gasteiger partial charge on any atom is -0.480 e. The predicted octanol–water partition coefficient (Wildman–Crippen LogP) is -6.21. The second-order valence-electron chi connectivity index (χ2n) is 38.9. The molecule has 17 atom stereocenters. The Kier molecular flexibility index (Phi) is 61.0. The first-order chi connectivity index (χ1) is 68.4. The molecule has 0 saturated carbocycles. The first-order valence-electron chi connectivity index (χ1n) is 49.7. The monoisotopic (exact) mass is 2070 g/mol. The number of aliphatic hydroxyl groups excluding tert-OH is 1. The van der Waals surface area contributed by atoms with Crippen molar-refractivity contribution in [1.29, 1.82) is 21.6 Å². The number of nitrogens with two attached hydrogens (primary N) is 5. The van der Waals surface area contributed by atoms with Crippen molar-refractivity contribution in [2.75, 3.05) is 59.0 Å². The molecule has 0 spiro atoms. The van der Waals surface area contributed by atoms with Gasteiger partial charge < -0.3 is 156 Å². The molecule has 1 aromatic carbocycles. The van der Waals surface area contributed by atoms with Gasteiger partial charge in [-0.05, 0) is 129 Å². The number of carbonyl (C=O) groups is 19. The van der Waals surface area contributed by atoms with Crippen molar-refractivity contribution in [3.05, 3.63) is 35.9 Å². The Labute approximate surface area is 854 Å². The van der Waals surface area contributed by atoms with Gasteiger partial charge in [0, 0.05) is 32.6 Å². The molecule has 0 heterocycles. The lowest BCUT2D eigenvalue weighted by Gasteiger charge is -2.30. The Balaban J connectivity index is 3.54. The van der Waals surface area contributed by atoms with Crippen molar-refractivity contribution >= 4 is 136 Å². The van der Waals surface area contributed by atoms with Crippen LogP contribution in [0.2, 0.25) is 0 Å². The Morgan fingerprint density at radius 2 is 0.562 bits per heavy atom. The first kappa shape index (κ1) is 130. The number of carbonyl (C=O) groups excluding carboxylic acids is 18. The Bertz CT molecular complexity index is 4490. The van der Waals surface area contributed by atoms with Gasteiger partial charge in [-0.15, -0.1) is 0 Å². The van der Waals surface area contributed by atoms with E-state index in [0.717, 1.165) is 0 Å². The van der Waals surface area contributed by atoms with Crippen LogP contribution in [0.5, 0.6) is 0 Å². The number of amides is 18. The van der Waals surface area contributed by atoms with Crippen LogP contribution in [0.1, 0.15) is 214 Å². The van der Waals surface area contributed by atoms with Crippen LogP contribution in [0, 0.1) is 74.9 Å². The molecule has 52 heteroatoms. The van der Waals surface area contributed by atoms with E-state index >= 15 is 0 Å². The maximum absolute atomic E-state index is 14.9. The van der Waals surface area contributed by atoms with E-state index in [1.165, 1.54) is 13.8 Å². The number of carboxylic acid groups (broad SMARTS) is 1. The molecule has 18 amide bonds. The van der Waals surface area contributed by atoms with E-state index in [4.69, 9.17) is 50.3 Å². The standard InChI is InChI=1S/C94H167N31O21/c1-19-54(17)74(124-80(135)61(33-27-37-107-94(102)103)115-87(142)72(52(13)14)122-79(134)60(32-26-36-106-93(100)101)113-68(129)44-110-84(139)70(50(9)10)121-76(131)57(95)38-47(3)4)85(140)111-45-69(130)120-71(51(11)12)86(141)119-65(46-126)83(138)123-73(53(15)16)88(143)117-63(41-56-28-22-21-23-29-56)82(137)125-75(55(18)20-2)89(144)114-58(30-24-34-104-91(96)97)77(132)109-42-66(127)108-43-67(128)112-59(31-25-35-105-92(98)99)78(133)116-62(39-48(5)6)81(136)118-64(90(145)146)40-49(7)8/h21-23,28-29,47-55,57-65,70-75,126H,19-20,24-27,30-46,95H2,1-18H3,(H,108,127)(H,109,132)(H,110,139)(H,111,140)(H,112,128)(H,113,129)(H,114,144)(H,115,142)(H,116,133)(H,117,143)(H,118,136)(H,119,141)(H,120,130)(H,121,131)(H,122,134)(H,123,138)(H,124,135)(H,125,137)(H,145,146)(H4,96,97,104)(H4,98,99,105)(H4,100,101,106)(H4,102,103,107)/t54-,55-,57-,58-,59-,60-,61-,62-,63-,64-,65-,70-,71-,72-,73-,74-,75-/m0/s1. The summed E-state index contributed by atoms with van der Waals surface area (Å²) in [5, 5.41) is 107. The summed E-state index contributed by atoms with van der Waals surface area (Å²) in [6.07, 6.45) is 0.813. The van der Waals surface area contributed by atoms with Gasteiger partial charge in [0.2, 0.25) is 106 Å². The van der Waals surface area contributed by atoms with E-state index in [-0.39, 0.29) is 139 Å². The molecule has 1 rings (SSSR count). The summed E-state index contributed by atoms with van der Waals surface area (Å²) in [5.41, 5.74) is 28.6. The second-order valence-corrected chi connectivity index (χ2v) is 38.9. The van der Waals surface area contributed by atoms with Gasteiger partial charge in [-0.3, -0.25) is 108 Å². The largest absolute Gasteiger partial charge is 0.480 e. The highest BCUT2D eigenvalue weighted by molar-refractivity contribution is 6.01. The van der Waals surface area contributed by atoms with Gasteiger partial charge in [0.15, 0.2) is 23.8 Å². The fourth-order valence-electron chi connectivity index (χ4n) is 14.7. The van der Waals surface area contributed by atoms with E-state index in [0.29, 0.717) is 12.0 Å². The third-order valence-corrected chi connectivity index (χ3v) is 23.3. The van der Waals surface area contributed by atoms with Crippen molar-refractivity contribution in [2.24, 2.45) is 81.9 Å². The highest BCUT2D eigenvalue weighted by Gasteiger charge is 2.41. The maximum Gasteiger partial charge on any atom is 0.326 e. The zero-order valence-electron chi connectivity index (χ0n) is 87.5. The summed E-state index contributed by atoms with van der Waals surface area (Å²) in [7, 11) is 0. The van der Waals surface area contributed by atoms with Gasteiger partial charge in [0.25, 0.3) is 0 Å². The lowest BCUT2D eigenvalue weighted by molar-refractivity contribution is -0.143. The summed E-state index contributed by atoms with van der Waals surface area (Å²) in [5.74, 6) is -22.9. The second kappa shape index (κ2) is 68.5. The fourth-order valence-corrected chi connectivity index (χ4v) is 14.7. The molecule has 0 unspecified atom stereocenters. The highest BCUT2D eigenvalue weighted by atomic mass is 16.4.